The highest BCUT2D eigenvalue weighted by Gasteiger charge is 2.16. The molecule has 1 aromatic carbocycles. The van der Waals surface area contributed by atoms with Gasteiger partial charge in [-0.3, -0.25) is 4.79 Å². The minimum Gasteiger partial charge on any atom is -0.454 e. The highest BCUT2D eigenvalue weighted by Crippen LogP contribution is 2.06. The molecule has 0 bridgehead atoms. The molecule has 0 aliphatic rings. The average molecular weight is 321 g/mol. The molecule has 1 atom stereocenters. The second-order valence-corrected chi connectivity index (χ2v) is 6.01. The van der Waals surface area contributed by atoms with Crippen molar-refractivity contribution in [2.45, 2.75) is 46.8 Å². The van der Waals surface area contributed by atoms with E-state index in [-0.39, 0.29) is 12.5 Å². The molecule has 0 aliphatic heterocycles. The van der Waals surface area contributed by atoms with Gasteiger partial charge in [-0.2, -0.15) is 0 Å². The van der Waals surface area contributed by atoms with Crippen LogP contribution in [0.2, 0.25) is 0 Å². The predicted octanol–water partition coefficient (Wildman–Crippen LogP) is 2.61. The first-order valence-electron chi connectivity index (χ1n) is 7.99. The summed E-state index contributed by atoms with van der Waals surface area (Å²) < 4.78 is 10.4. The lowest BCUT2D eigenvalue weighted by atomic mass is 10.1. The van der Waals surface area contributed by atoms with Crippen LogP contribution < -0.4 is 5.32 Å². The molecule has 0 saturated heterocycles. The summed E-state index contributed by atoms with van der Waals surface area (Å²) in [4.78, 5) is 23.5. The maximum atomic E-state index is 11.7. The number of nitrogens with one attached hydrogen (secondary N) is 1. The average Bonchev–Trinajstić information content (AvgIpc) is 2.51. The van der Waals surface area contributed by atoms with Crippen molar-refractivity contribution in [3.05, 3.63) is 35.4 Å². The lowest BCUT2D eigenvalue weighted by Crippen LogP contribution is -2.32. The van der Waals surface area contributed by atoms with Crippen LogP contribution in [0.3, 0.4) is 0 Å². The largest absolute Gasteiger partial charge is 0.454 e. The minimum absolute atomic E-state index is 0.289. The molecular formula is C18H27NO4. The van der Waals surface area contributed by atoms with Crippen molar-refractivity contribution >= 4 is 11.9 Å². The summed E-state index contributed by atoms with van der Waals surface area (Å²) in [5.74, 6) is -0.318. The maximum Gasteiger partial charge on any atom is 0.335 e. The molecule has 1 amide bonds. The van der Waals surface area contributed by atoms with Gasteiger partial charge in [0.25, 0.3) is 5.91 Å². The summed E-state index contributed by atoms with van der Waals surface area (Å²) in [6.07, 6.45) is 0.229. The Morgan fingerprint density at radius 1 is 1.17 bits per heavy atom. The fraction of sp³-hybridized carbons (Fsp3) is 0.556. The summed E-state index contributed by atoms with van der Waals surface area (Å²) >= 11 is 0. The Bertz CT molecular complexity index is 513. The molecule has 1 N–H and O–H groups in total. The van der Waals surface area contributed by atoms with Crippen molar-refractivity contribution in [2.24, 2.45) is 5.92 Å². The molecule has 0 aliphatic carbocycles. The Hall–Kier alpha value is -1.88. The number of esters is 1. The van der Waals surface area contributed by atoms with E-state index in [9.17, 15) is 9.59 Å². The quantitative estimate of drug-likeness (QED) is 0.710. The van der Waals surface area contributed by atoms with Crippen molar-refractivity contribution < 1.29 is 19.1 Å². The lowest BCUT2D eigenvalue weighted by molar-refractivity contribution is -0.159. The van der Waals surface area contributed by atoms with E-state index in [2.05, 4.69) is 19.2 Å². The third-order valence-electron chi connectivity index (χ3n) is 3.48. The first kappa shape index (κ1) is 19.2. The molecule has 128 valence electrons. The number of ether oxygens (including phenoxy) is 2. The first-order chi connectivity index (χ1) is 10.9. The summed E-state index contributed by atoms with van der Waals surface area (Å²) in [6, 6.07) is 7.80. The number of benzene rings is 1. The highest BCUT2D eigenvalue weighted by molar-refractivity contribution is 5.81. The first-order valence-corrected chi connectivity index (χ1v) is 7.99. The highest BCUT2D eigenvalue weighted by atomic mass is 16.6. The second kappa shape index (κ2) is 10.0. The topological polar surface area (TPSA) is 64.6 Å². The Kier molecular flexibility index (Phi) is 8.33. The number of aryl methyl sites for hydroxylation is 1. The van der Waals surface area contributed by atoms with Crippen LogP contribution in [0.5, 0.6) is 0 Å². The van der Waals surface area contributed by atoms with Gasteiger partial charge in [0, 0.05) is 13.2 Å². The number of amides is 1. The molecular weight excluding hydrogens is 294 g/mol. The van der Waals surface area contributed by atoms with Crippen molar-refractivity contribution in [1.82, 2.24) is 5.32 Å². The number of hydrogen-bond donors (Lipinski definition) is 1. The minimum atomic E-state index is -0.655. The van der Waals surface area contributed by atoms with Gasteiger partial charge in [0.2, 0.25) is 0 Å². The van der Waals surface area contributed by atoms with Crippen LogP contribution in [0.15, 0.2) is 24.3 Å². The SMILES string of the molecule is Cc1ccccc1CNC(=O)COC(=O)C(C)OCCC(C)C. The van der Waals surface area contributed by atoms with E-state index < -0.39 is 12.1 Å². The molecule has 0 radical (unpaired) electrons. The molecule has 0 spiro atoms. The van der Waals surface area contributed by atoms with Gasteiger partial charge >= 0.3 is 5.97 Å². The van der Waals surface area contributed by atoms with E-state index in [0.717, 1.165) is 17.5 Å². The Labute approximate surface area is 138 Å². The molecule has 5 heteroatoms. The number of carbonyl (C=O) groups excluding carboxylic acids is 2. The maximum absolute atomic E-state index is 11.7. The van der Waals surface area contributed by atoms with Gasteiger partial charge in [-0.25, -0.2) is 4.79 Å². The molecule has 1 unspecified atom stereocenters. The van der Waals surface area contributed by atoms with E-state index >= 15 is 0 Å². The third-order valence-corrected chi connectivity index (χ3v) is 3.48. The third kappa shape index (κ3) is 7.79. The number of rotatable bonds is 9. The van der Waals surface area contributed by atoms with Gasteiger partial charge in [0.1, 0.15) is 0 Å². The number of carbonyl (C=O) groups is 2. The van der Waals surface area contributed by atoms with Crippen LogP contribution >= 0.6 is 0 Å². The predicted molar refractivity (Wildman–Crippen MR) is 88.9 cm³/mol. The molecule has 1 aromatic rings. The Morgan fingerprint density at radius 3 is 2.52 bits per heavy atom. The fourth-order valence-corrected chi connectivity index (χ4v) is 1.86. The van der Waals surface area contributed by atoms with Gasteiger partial charge in [0.05, 0.1) is 0 Å². The lowest BCUT2D eigenvalue weighted by Gasteiger charge is -2.13. The van der Waals surface area contributed by atoms with Crippen LogP contribution in [0.25, 0.3) is 0 Å². The standard InChI is InChI=1S/C18H27NO4/c1-13(2)9-10-22-15(4)18(21)23-12-17(20)19-11-16-8-6-5-7-14(16)3/h5-8,13,15H,9-12H2,1-4H3,(H,19,20). The van der Waals surface area contributed by atoms with E-state index in [0.29, 0.717) is 19.1 Å². The molecule has 5 nitrogen and oxygen atoms in total. The summed E-state index contributed by atoms with van der Waals surface area (Å²) in [7, 11) is 0. The van der Waals surface area contributed by atoms with Gasteiger partial charge in [-0.15, -0.1) is 0 Å². The summed E-state index contributed by atoms with van der Waals surface area (Å²) in [5, 5.41) is 2.74. The van der Waals surface area contributed by atoms with Gasteiger partial charge in [0.15, 0.2) is 12.7 Å². The zero-order chi connectivity index (χ0) is 17.2. The van der Waals surface area contributed by atoms with Gasteiger partial charge in [-0.05, 0) is 37.3 Å². The van der Waals surface area contributed by atoms with Gasteiger partial charge < -0.3 is 14.8 Å². The van der Waals surface area contributed by atoms with Crippen LogP contribution in [-0.2, 0) is 25.6 Å². The molecule has 0 aromatic heterocycles. The molecule has 0 heterocycles. The van der Waals surface area contributed by atoms with Crippen molar-refractivity contribution in [2.75, 3.05) is 13.2 Å². The Morgan fingerprint density at radius 2 is 1.87 bits per heavy atom. The van der Waals surface area contributed by atoms with Crippen LogP contribution in [-0.4, -0.2) is 31.2 Å². The van der Waals surface area contributed by atoms with E-state index in [1.54, 1.807) is 6.92 Å². The molecule has 0 saturated carbocycles. The summed E-state index contributed by atoms with van der Waals surface area (Å²) in [6.45, 7) is 8.43. The molecule has 1 rings (SSSR count). The van der Waals surface area contributed by atoms with E-state index in [1.165, 1.54) is 0 Å². The normalized spacial score (nSPS) is 12.0. The monoisotopic (exact) mass is 321 g/mol. The second-order valence-electron chi connectivity index (χ2n) is 6.01. The van der Waals surface area contributed by atoms with Crippen molar-refractivity contribution in [3.8, 4) is 0 Å². The fourth-order valence-electron chi connectivity index (χ4n) is 1.86. The van der Waals surface area contributed by atoms with E-state index in [4.69, 9.17) is 9.47 Å². The van der Waals surface area contributed by atoms with Gasteiger partial charge in [-0.1, -0.05) is 38.1 Å². The van der Waals surface area contributed by atoms with E-state index in [1.807, 2.05) is 31.2 Å². The summed E-state index contributed by atoms with van der Waals surface area (Å²) in [5.41, 5.74) is 2.15. The molecule has 23 heavy (non-hydrogen) atoms. The van der Waals surface area contributed by atoms with Crippen LogP contribution in [0.1, 0.15) is 38.3 Å². The van der Waals surface area contributed by atoms with Crippen LogP contribution in [0, 0.1) is 12.8 Å². The zero-order valence-electron chi connectivity index (χ0n) is 14.4. The van der Waals surface area contributed by atoms with Crippen LogP contribution in [0.4, 0.5) is 0 Å². The smallest absolute Gasteiger partial charge is 0.335 e. The molecule has 0 fully saturated rings. The number of hydrogen-bond acceptors (Lipinski definition) is 4. The Balaban J connectivity index is 2.24. The zero-order valence-corrected chi connectivity index (χ0v) is 14.4. The van der Waals surface area contributed by atoms with Crippen molar-refractivity contribution in [1.29, 1.82) is 0 Å². The van der Waals surface area contributed by atoms with Crippen molar-refractivity contribution in [3.63, 3.8) is 0 Å².